The van der Waals surface area contributed by atoms with E-state index < -0.39 is 0 Å². The van der Waals surface area contributed by atoms with Crippen LogP contribution in [0.25, 0.3) is 0 Å². The van der Waals surface area contributed by atoms with E-state index in [0.717, 1.165) is 48.5 Å². The number of rotatable bonds is 8. The molecular weight excluding hydrogens is 337 g/mol. The molecule has 0 heterocycles. The van der Waals surface area contributed by atoms with Gasteiger partial charge in [-0.1, -0.05) is 22.0 Å². The van der Waals surface area contributed by atoms with Crippen LogP contribution in [0.1, 0.15) is 18.4 Å². The van der Waals surface area contributed by atoms with E-state index in [9.17, 15) is 4.39 Å². The van der Waals surface area contributed by atoms with Crippen LogP contribution in [-0.4, -0.2) is 39.8 Å². The van der Waals surface area contributed by atoms with Gasteiger partial charge in [0.1, 0.15) is 5.82 Å². The van der Waals surface area contributed by atoms with Crippen LogP contribution in [-0.2, 0) is 11.2 Å². The van der Waals surface area contributed by atoms with Crippen LogP contribution < -0.4 is 10.6 Å². The van der Waals surface area contributed by atoms with Crippen molar-refractivity contribution in [1.29, 1.82) is 0 Å². The Kier molecular flexibility index (Phi) is 9.01. The normalized spacial score (nSPS) is 11.5. The average Bonchev–Trinajstić information content (AvgIpc) is 2.47. The molecule has 0 aromatic heterocycles. The number of hydrogen-bond donors (Lipinski definition) is 2. The summed E-state index contributed by atoms with van der Waals surface area (Å²) in [5.41, 5.74) is 0.739. The number of aliphatic imine (C=N–C) groups is 1. The van der Waals surface area contributed by atoms with Crippen LogP contribution in [0.5, 0.6) is 0 Å². The molecule has 0 aliphatic carbocycles. The number of guanidine groups is 1. The van der Waals surface area contributed by atoms with Gasteiger partial charge in [0, 0.05) is 38.3 Å². The maximum Gasteiger partial charge on any atom is 0.190 e. The molecule has 2 N–H and O–H groups in total. The maximum absolute atomic E-state index is 13.6. The smallest absolute Gasteiger partial charge is 0.190 e. The molecule has 1 aromatic rings. The predicted molar refractivity (Wildman–Crippen MR) is 88.3 cm³/mol. The molecule has 118 valence electrons. The second-order valence-corrected chi connectivity index (χ2v) is 5.53. The molecular formula is C15H23BrFN3O. The van der Waals surface area contributed by atoms with Gasteiger partial charge in [-0.05, 0) is 37.0 Å². The minimum absolute atomic E-state index is 0.161. The lowest BCUT2D eigenvalue weighted by atomic mass is 10.1. The zero-order valence-electron chi connectivity index (χ0n) is 12.6. The number of nitrogens with zero attached hydrogens (tertiary/aromatic N) is 1. The number of hydrogen-bond acceptors (Lipinski definition) is 2. The highest BCUT2D eigenvalue weighted by atomic mass is 79.9. The topological polar surface area (TPSA) is 45.7 Å². The lowest BCUT2D eigenvalue weighted by Crippen LogP contribution is -2.38. The van der Waals surface area contributed by atoms with Crippen LogP contribution in [0, 0.1) is 5.82 Å². The van der Waals surface area contributed by atoms with E-state index in [1.807, 2.05) is 12.1 Å². The van der Waals surface area contributed by atoms with Gasteiger partial charge in [0.2, 0.25) is 0 Å². The Bertz CT molecular complexity index is 455. The standard InChI is InChI=1S/C15H23BrFN3O/c1-18-15(20-9-4-10-21-2)19-8-3-5-12-6-7-13(16)11-14(12)17/h6-7,11H,3-5,8-10H2,1-2H3,(H2,18,19,20). The third-order valence-corrected chi connectivity index (χ3v) is 3.46. The van der Waals surface area contributed by atoms with Crippen molar-refractivity contribution in [2.24, 2.45) is 4.99 Å². The van der Waals surface area contributed by atoms with E-state index >= 15 is 0 Å². The van der Waals surface area contributed by atoms with Gasteiger partial charge >= 0.3 is 0 Å². The summed E-state index contributed by atoms with van der Waals surface area (Å²) in [7, 11) is 3.42. The van der Waals surface area contributed by atoms with Crippen LogP contribution in [0.15, 0.2) is 27.7 Å². The van der Waals surface area contributed by atoms with E-state index in [2.05, 4.69) is 31.6 Å². The quantitative estimate of drug-likeness (QED) is 0.426. The SMILES string of the molecule is CN=C(NCCCOC)NCCCc1ccc(Br)cc1F. The lowest BCUT2D eigenvalue weighted by Gasteiger charge is -2.11. The zero-order chi connectivity index (χ0) is 15.5. The van der Waals surface area contributed by atoms with Crippen molar-refractivity contribution in [3.05, 3.63) is 34.1 Å². The molecule has 1 aromatic carbocycles. The lowest BCUT2D eigenvalue weighted by molar-refractivity contribution is 0.195. The van der Waals surface area contributed by atoms with Gasteiger partial charge in [-0.15, -0.1) is 0 Å². The summed E-state index contributed by atoms with van der Waals surface area (Å²) in [4.78, 5) is 4.13. The second kappa shape index (κ2) is 10.6. The molecule has 0 saturated heterocycles. The van der Waals surface area contributed by atoms with Gasteiger partial charge in [-0.25, -0.2) is 4.39 Å². The van der Waals surface area contributed by atoms with E-state index in [0.29, 0.717) is 6.42 Å². The largest absolute Gasteiger partial charge is 0.385 e. The molecule has 21 heavy (non-hydrogen) atoms. The fourth-order valence-electron chi connectivity index (χ4n) is 1.85. The van der Waals surface area contributed by atoms with Crippen molar-refractivity contribution in [3.8, 4) is 0 Å². The molecule has 0 atom stereocenters. The summed E-state index contributed by atoms with van der Waals surface area (Å²) in [6, 6.07) is 5.18. The number of methoxy groups -OCH3 is 1. The van der Waals surface area contributed by atoms with Crippen LogP contribution in [0.2, 0.25) is 0 Å². The van der Waals surface area contributed by atoms with Gasteiger partial charge in [0.25, 0.3) is 0 Å². The van der Waals surface area contributed by atoms with Crippen molar-refractivity contribution in [2.45, 2.75) is 19.3 Å². The third-order valence-electron chi connectivity index (χ3n) is 2.97. The van der Waals surface area contributed by atoms with Gasteiger partial charge in [0.15, 0.2) is 5.96 Å². The van der Waals surface area contributed by atoms with E-state index in [1.165, 1.54) is 6.07 Å². The first kappa shape index (κ1) is 17.9. The summed E-state index contributed by atoms with van der Waals surface area (Å²) in [5.74, 6) is 0.605. The molecule has 0 spiro atoms. The van der Waals surface area contributed by atoms with Crippen molar-refractivity contribution in [1.82, 2.24) is 10.6 Å². The van der Waals surface area contributed by atoms with Gasteiger partial charge in [-0.2, -0.15) is 0 Å². The molecule has 0 aliphatic heterocycles. The summed E-state index contributed by atoms with van der Waals surface area (Å²) < 4.78 is 19.4. The average molecular weight is 360 g/mol. The fourth-order valence-corrected chi connectivity index (χ4v) is 2.19. The third kappa shape index (κ3) is 7.43. The molecule has 0 aliphatic rings. The first-order valence-corrected chi connectivity index (χ1v) is 7.84. The molecule has 0 bridgehead atoms. The molecule has 0 amide bonds. The highest BCUT2D eigenvalue weighted by Gasteiger charge is 2.03. The Hall–Kier alpha value is -1.14. The first-order valence-electron chi connectivity index (χ1n) is 7.04. The molecule has 0 unspecified atom stereocenters. The monoisotopic (exact) mass is 359 g/mol. The summed E-state index contributed by atoms with van der Waals surface area (Å²) >= 11 is 3.26. The fraction of sp³-hybridized carbons (Fsp3) is 0.533. The molecule has 6 heteroatoms. The van der Waals surface area contributed by atoms with Crippen LogP contribution in [0.3, 0.4) is 0 Å². The number of ether oxygens (including phenoxy) is 1. The minimum Gasteiger partial charge on any atom is -0.385 e. The molecule has 4 nitrogen and oxygen atoms in total. The molecule has 0 fully saturated rings. The Labute approximate surface area is 134 Å². The Balaban J connectivity index is 2.22. The van der Waals surface area contributed by atoms with Crippen LogP contribution >= 0.6 is 15.9 Å². The molecule has 0 radical (unpaired) electrons. The highest BCUT2D eigenvalue weighted by Crippen LogP contribution is 2.16. The molecule has 1 rings (SSSR count). The number of benzene rings is 1. The summed E-state index contributed by atoms with van der Waals surface area (Å²) in [6.07, 6.45) is 2.48. The summed E-state index contributed by atoms with van der Waals surface area (Å²) in [5, 5.41) is 6.41. The molecule has 0 saturated carbocycles. The zero-order valence-corrected chi connectivity index (χ0v) is 14.2. The Morgan fingerprint density at radius 3 is 2.62 bits per heavy atom. The van der Waals surface area contributed by atoms with Crippen molar-refractivity contribution in [3.63, 3.8) is 0 Å². The van der Waals surface area contributed by atoms with E-state index in [4.69, 9.17) is 4.74 Å². The second-order valence-electron chi connectivity index (χ2n) is 4.61. The van der Waals surface area contributed by atoms with Crippen molar-refractivity contribution in [2.75, 3.05) is 33.9 Å². The number of nitrogens with one attached hydrogen (secondary N) is 2. The van der Waals surface area contributed by atoms with E-state index in [1.54, 1.807) is 14.2 Å². The predicted octanol–water partition coefficient (Wildman–Crippen LogP) is 2.72. The summed E-state index contributed by atoms with van der Waals surface area (Å²) in [6.45, 7) is 2.29. The van der Waals surface area contributed by atoms with E-state index in [-0.39, 0.29) is 5.82 Å². The number of halogens is 2. The minimum atomic E-state index is -0.161. The van der Waals surface area contributed by atoms with Gasteiger partial charge in [0.05, 0.1) is 0 Å². The Morgan fingerprint density at radius 2 is 2.00 bits per heavy atom. The van der Waals surface area contributed by atoms with Gasteiger partial charge < -0.3 is 15.4 Å². The maximum atomic E-state index is 13.6. The first-order chi connectivity index (χ1) is 10.2. The highest BCUT2D eigenvalue weighted by molar-refractivity contribution is 9.10. The Morgan fingerprint density at radius 1 is 1.29 bits per heavy atom. The van der Waals surface area contributed by atoms with Crippen LogP contribution in [0.4, 0.5) is 4.39 Å². The van der Waals surface area contributed by atoms with Crippen molar-refractivity contribution >= 4 is 21.9 Å². The van der Waals surface area contributed by atoms with Crippen molar-refractivity contribution < 1.29 is 9.13 Å². The van der Waals surface area contributed by atoms with Gasteiger partial charge in [-0.3, -0.25) is 4.99 Å². The number of aryl methyl sites for hydroxylation is 1.